The van der Waals surface area contributed by atoms with Crippen LogP contribution in [0.3, 0.4) is 0 Å². The molecule has 0 aromatic heterocycles. The lowest BCUT2D eigenvalue weighted by molar-refractivity contribution is -0.122. The fourth-order valence-corrected chi connectivity index (χ4v) is 0.951. The van der Waals surface area contributed by atoms with E-state index in [1.165, 1.54) is 0 Å². The van der Waals surface area contributed by atoms with E-state index in [1.54, 1.807) is 0 Å². The second kappa shape index (κ2) is 4.48. The van der Waals surface area contributed by atoms with Crippen molar-refractivity contribution >= 4 is 17.5 Å². The van der Waals surface area contributed by atoms with Gasteiger partial charge in [-0.15, -0.1) is 0 Å². The first-order valence-corrected chi connectivity index (χ1v) is 4.02. The molecule has 0 saturated heterocycles. The highest BCUT2D eigenvalue weighted by atomic mass is 16.3. The Labute approximate surface area is 80.1 Å². The normalized spacial score (nSPS) is 15.4. The fraction of sp³-hybridized carbons (Fsp3) is 0.222. The first kappa shape index (κ1) is 10.3. The Morgan fingerprint density at radius 1 is 1.36 bits per heavy atom. The average Bonchev–Trinajstić information content (AvgIpc) is 2.18. The van der Waals surface area contributed by atoms with Crippen molar-refractivity contribution < 1.29 is 19.5 Å². The molecule has 1 amide bonds. The highest BCUT2D eigenvalue weighted by Gasteiger charge is 2.19. The predicted octanol–water partition coefficient (Wildman–Crippen LogP) is -1.27. The van der Waals surface area contributed by atoms with Crippen molar-refractivity contribution in [3.8, 4) is 0 Å². The van der Waals surface area contributed by atoms with Gasteiger partial charge < -0.3 is 10.4 Å². The number of allylic oxidation sites excluding steroid dienone is 3. The van der Waals surface area contributed by atoms with Gasteiger partial charge in [-0.25, -0.2) is 0 Å². The first-order chi connectivity index (χ1) is 6.65. The topological polar surface area (TPSA) is 83.5 Å². The van der Waals surface area contributed by atoms with Crippen molar-refractivity contribution in [3.63, 3.8) is 0 Å². The summed E-state index contributed by atoms with van der Waals surface area (Å²) in [5.74, 6) is -1.53. The summed E-state index contributed by atoms with van der Waals surface area (Å²) in [7, 11) is 0. The Balaban J connectivity index is 2.71. The molecule has 0 heterocycles. The Bertz CT molecular complexity index is 341. The molecule has 0 aliphatic heterocycles. The van der Waals surface area contributed by atoms with Gasteiger partial charge in [0.1, 0.15) is 0 Å². The molecule has 1 rings (SSSR count). The molecule has 0 radical (unpaired) electrons. The Hall–Kier alpha value is -1.75. The largest absolute Gasteiger partial charge is 0.395 e. The predicted molar refractivity (Wildman–Crippen MR) is 47.3 cm³/mol. The van der Waals surface area contributed by atoms with E-state index in [9.17, 15) is 14.4 Å². The second-order valence-electron chi connectivity index (χ2n) is 2.64. The summed E-state index contributed by atoms with van der Waals surface area (Å²) < 4.78 is 0. The maximum atomic E-state index is 11.2. The van der Waals surface area contributed by atoms with Crippen LogP contribution in [0.5, 0.6) is 0 Å². The summed E-state index contributed by atoms with van der Waals surface area (Å²) in [6, 6.07) is 0. The fourth-order valence-electron chi connectivity index (χ4n) is 0.951. The summed E-state index contributed by atoms with van der Waals surface area (Å²) in [6.45, 7) is -0.154. The molecule has 74 valence electrons. The van der Waals surface area contributed by atoms with Crippen LogP contribution in [0.15, 0.2) is 23.8 Å². The van der Waals surface area contributed by atoms with Crippen molar-refractivity contribution in [1.82, 2.24) is 5.32 Å². The third-order valence-electron chi connectivity index (χ3n) is 1.59. The number of hydrogen-bond acceptors (Lipinski definition) is 4. The summed E-state index contributed by atoms with van der Waals surface area (Å²) in [5.41, 5.74) is -0.189. The van der Waals surface area contributed by atoms with E-state index in [1.807, 2.05) is 0 Å². The van der Waals surface area contributed by atoms with Gasteiger partial charge in [0.25, 0.3) is 5.91 Å². The van der Waals surface area contributed by atoms with E-state index in [0.29, 0.717) is 0 Å². The molecule has 0 atom stereocenters. The Morgan fingerprint density at radius 3 is 2.71 bits per heavy atom. The molecule has 5 heteroatoms. The van der Waals surface area contributed by atoms with Crippen LogP contribution >= 0.6 is 0 Å². The molecule has 1 aliphatic carbocycles. The minimum atomic E-state index is -0.637. The molecule has 1 aliphatic rings. The number of nitrogens with one attached hydrogen (secondary N) is 1. The molecule has 2 N–H and O–H groups in total. The van der Waals surface area contributed by atoms with E-state index < -0.39 is 17.5 Å². The van der Waals surface area contributed by atoms with E-state index in [2.05, 4.69) is 5.32 Å². The third-order valence-corrected chi connectivity index (χ3v) is 1.59. The number of aliphatic hydroxyl groups excluding tert-OH is 1. The van der Waals surface area contributed by atoms with E-state index in [4.69, 9.17) is 5.11 Å². The third kappa shape index (κ3) is 2.37. The maximum Gasteiger partial charge on any atom is 0.255 e. The Kier molecular flexibility index (Phi) is 3.30. The highest BCUT2D eigenvalue weighted by Crippen LogP contribution is 2.04. The standard InChI is InChI=1S/C9H9NO4/c11-4-3-10-9(14)7-5-6(12)1-2-8(7)13/h1-2,5,11H,3-4H2,(H,10,14). The number of hydrogen-bond donors (Lipinski definition) is 2. The molecule has 14 heavy (non-hydrogen) atoms. The number of aliphatic hydroxyl groups is 1. The van der Waals surface area contributed by atoms with Gasteiger partial charge in [0.2, 0.25) is 0 Å². The maximum absolute atomic E-state index is 11.2. The summed E-state index contributed by atoms with van der Waals surface area (Å²) in [6.07, 6.45) is 3.14. The van der Waals surface area contributed by atoms with E-state index in [0.717, 1.165) is 18.2 Å². The van der Waals surface area contributed by atoms with Crippen LogP contribution < -0.4 is 5.32 Å². The van der Waals surface area contributed by atoms with Crippen LogP contribution in [0.25, 0.3) is 0 Å². The van der Waals surface area contributed by atoms with Crippen molar-refractivity contribution in [1.29, 1.82) is 0 Å². The highest BCUT2D eigenvalue weighted by molar-refractivity contribution is 6.30. The van der Waals surface area contributed by atoms with Gasteiger partial charge in [-0.1, -0.05) is 0 Å². The van der Waals surface area contributed by atoms with Crippen molar-refractivity contribution in [2.75, 3.05) is 13.2 Å². The van der Waals surface area contributed by atoms with Gasteiger partial charge in [-0.05, 0) is 12.2 Å². The van der Waals surface area contributed by atoms with Crippen LogP contribution in [0.4, 0.5) is 0 Å². The SMILES string of the molecule is O=C1C=CC(=O)C(C(=O)NCCO)=C1. The van der Waals surface area contributed by atoms with Crippen molar-refractivity contribution in [3.05, 3.63) is 23.8 Å². The number of amides is 1. The number of rotatable bonds is 3. The lowest BCUT2D eigenvalue weighted by Crippen LogP contribution is -2.31. The minimum Gasteiger partial charge on any atom is -0.395 e. The smallest absolute Gasteiger partial charge is 0.255 e. The Morgan fingerprint density at radius 2 is 2.07 bits per heavy atom. The van der Waals surface area contributed by atoms with Gasteiger partial charge in [0.15, 0.2) is 11.6 Å². The summed E-state index contributed by atoms with van der Waals surface area (Å²) >= 11 is 0. The molecule has 0 spiro atoms. The van der Waals surface area contributed by atoms with Crippen LogP contribution in [-0.4, -0.2) is 35.7 Å². The monoisotopic (exact) mass is 195 g/mol. The average molecular weight is 195 g/mol. The number of ketones is 2. The number of carbonyl (C=O) groups is 3. The second-order valence-corrected chi connectivity index (χ2v) is 2.64. The molecule has 0 fully saturated rings. The summed E-state index contributed by atoms with van der Waals surface area (Å²) in [4.78, 5) is 33.2. The van der Waals surface area contributed by atoms with E-state index >= 15 is 0 Å². The zero-order chi connectivity index (χ0) is 10.6. The van der Waals surface area contributed by atoms with Gasteiger partial charge in [0, 0.05) is 12.6 Å². The van der Waals surface area contributed by atoms with Crippen molar-refractivity contribution in [2.24, 2.45) is 0 Å². The van der Waals surface area contributed by atoms with Crippen LogP contribution in [0.1, 0.15) is 0 Å². The zero-order valence-corrected chi connectivity index (χ0v) is 7.32. The van der Waals surface area contributed by atoms with E-state index in [-0.39, 0.29) is 18.7 Å². The molecule has 0 saturated carbocycles. The van der Waals surface area contributed by atoms with Crippen LogP contribution in [0.2, 0.25) is 0 Å². The lowest BCUT2D eigenvalue weighted by Gasteiger charge is -2.06. The van der Waals surface area contributed by atoms with Gasteiger partial charge >= 0.3 is 0 Å². The molecular formula is C9H9NO4. The minimum absolute atomic E-state index is 0.0569. The molecule has 0 unspecified atom stereocenters. The molecular weight excluding hydrogens is 186 g/mol. The zero-order valence-electron chi connectivity index (χ0n) is 7.32. The van der Waals surface area contributed by atoms with Crippen LogP contribution in [-0.2, 0) is 14.4 Å². The van der Waals surface area contributed by atoms with Gasteiger partial charge in [-0.2, -0.15) is 0 Å². The van der Waals surface area contributed by atoms with Gasteiger partial charge in [-0.3, -0.25) is 14.4 Å². The van der Waals surface area contributed by atoms with Crippen LogP contribution in [0, 0.1) is 0 Å². The number of carbonyl (C=O) groups excluding carboxylic acids is 3. The molecule has 0 aromatic carbocycles. The quantitative estimate of drug-likeness (QED) is 0.434. The molecule has 0 bridgehead atoms. The molecule has 0 aromatic rings. The van der Waals surface area contributed by atoms with Crippen molar-refractivity contribution in [2.45, 2.75) is 0 Å². The summed E-state index contributed by atoms with van der Waals surface area (Å²) in [5, 5.41) is 10.7. The first-order valence-electron chi connectivity index (χ1n) is 4.02. The van der Waals surface area contributed by atoms with Gasteiger partial charge in [0.05, 0.1) is 12.2 Å². The lowest BCUT2D eigenvalue weighted by atomic mass is 10.0. The molecule has 5 nitrogen and oxygen atoms in total.